The Bertz CT molecular complexity index is 827. The Kier molecular flexibility index (Phi) is 4.49. The number of hydrogen-bond donors (Lipinski definition) is 0. The largest absolute Gasteiger partial charge is 0.451 e. The summed E-state index contributed by atoms with van der Waals surface area (Å²) in [5, 5.41) is 11.0. The second-order valence-electron chi connectivity index (χ2n) is 7.22. The van der Waals surface area contributed by atoms with E-state index in [2.05, 4.69) is 0 Å². The van der Waals surface area contributed by atoms with Crippen molar-refractivity contribution in [2.24, 2.45) is 5.92 Å². The third kappa shape index (κ3) is 3.11. The van der Waals surface area contributed by atoms with Gasteiger partial charge >= 0.3 is 0 Å². The fourth-order valence-corrected chi connectivity index (χ4v) is 4.40. The summed E-state index contributed by atoms with van der Waals surface area (Å²) in [6.45, 7) is 0.785. The molecule has 0 N–H and O–H groups in total. The molecule has 1 aromatic carbocycles. The molecule has 6 nitrogen and oxygen atoms in total. The summed E-state index contributed by atoms with van der Waals surface area (Å²) in [5.41, 5.74) is 0.611. The van der Waals surface area contributed by atoms with Gasteiger partial charge in [-0.25, -0.2) is 0 Å². The van der Waals surface area contributed by atoms with Crippen LogP contribution in [0.2, 0.25) is 0 Å². The number of non-ortho nitro benzene ring substituents is 1. The lowest BCUT2D eigenvalue weighted by molar-refractivity contribution is -0.384. The highest BCUT2D eigenvalue weighted by Gasteiger charge is 2.36. The number of rotatable bonds is 3. The molecule has 0 bridgehead atoms. The molecular weight excluding hydrogens is 332 g/mol. The molecule has 1 aliphatic heterocycles. The molecule has 2 aliphatic rings. The number of carbonyl (C=O) groups is 1. The number of furan rings is 1. The number of likely N-dealkylation sites (tertiary alicyclic amines) is 1. The zero-order chi connectivity index (χ0) is 18.1. The predicted octanol–water partition coefficient (Wildman–Crippen LogP) is 4.65. The fourth-order valence-electron chi connectivity index (χ4n) is 4.40. The van der Waals surface area contributed by atoms with Crippen LogP contribution in [0, 0.1) is 16.0 Å². The monoisotopic (exact) mass is 354 g/mol. The van der Waals surface area contributed by atoms with Gasteiger partial charge in [0.15, 0.2) is 5.76 Å². The molecule has 0 spiro atoms. The molecule has 26 heavy (non-hydrogen) atoms. The van der Waals surface area contributed by atoms with Gasteiger partial charge in [0, 0.05) is 30.3 Å². The number of piperidine rings is 1. The molecule has 2 heterocycles. The minimum Gasteiger partial charge on any atom is -0.451 e. The van der Waals surface area contributed by atoms with Crippen LogP contribution < -0.4 is 0 Å². The first-order valence-corrected chi connectivity index (χ1v) is 9.29. The Morgan fingerprint density at radius 3 is 2.77 bits per heavy atom. The Hall–Kier alpha value is -2.63. The van der Waals surface area contributed by atoms with E-state index in [1.807, 2.05) is 4.90 Å². The summed E-state index contributed by atoms with van der Waals surface area (Å²) >= 11 is 0. The first kappa shape index (κ1) is 16.8. The van der Waals surface area contributed by atoms with Gasteiger partial charge < -0.3 is 9.32 Å². The van der Waals surface area contributed by atoms with Gasteiger partial charge in [0.1, 0.15) is 5.76 Å². The number of benzene rings is 1. The zero-order valence-corrected chi connectivity index (χ0v) is 14.6. The molecule has 1 saturated carbocycles. The van der Waals surface area contributed by atoms with E-state index in [1.54, 1.807) is 24.3 Å². The summed E-state index contributed by atoms with van der Waals surface area (Å²) < 4.78 is 5.79. The smallest absolute Gasteiger partial charge is 0.289 e. The van der Waals surface area contributed by atoms with Crippen molar-refractivity contribution in [1.82, 2.24) is 4.90 Å². The van der Waals surface area contributed by atoms with E-state index in [-0.39, 0.29) is 11.6 Å². The Balaban J connectivity index is 1.56. The number of nitro groups is 1. The SMILES string of the molecule is O=C(c1ccc(-c2cccc([N+](=O)[O-])c2)o1)N1CCC[C@@H]2CCCC[C@@H]21. The third-order valence-electron chi connectivity index (χ3n) is 5.66. The molecule has 1 amide bonds. The Morgan fingerprint density at radius 2 is 1.92 bits per heavy atom. The van der Waals surface area contributed by atoms with Gasteiger partial charge in [0.25, 0.3) is 11.6 Å². The summed E-state index contributed by atoms with van der Waals surface area (Å²) in [6, 6.07) is 10.0. The third-order valence-corrected chi connectivity index (χ3v) is 5.66. The van der Waals surface area contributed by atoms with Crippen LogP contribution >= 0.6 is 0 Å². The first-order chi connectivity index (χ1) is 12.6. The summed E-state index contributed by atoms with van der Waals surface area (Å²) in [7, 11) is 0. The molecule has 0 unspecified atom stereocenters. The van der Waals surface area contributed by atoms with E-state index in [4.69, 9.17) is 4.42 Å². The summed E-state index contributed by atoms with van der Waals surface area (Å²) in [4.78, 5) is 25.5. The molecule has 2 atom stereocenters. The maximum atomic E-state index is 13.0. The molecule has 1 saturated heterocycles. The topological polar surface area (TPSA) is 76.6 Å². The number of fused-ring (bicyclic) bond motifs is 1. The van der Waals surface area contributed by atoms with E-state index in [0.29, 0.717) is 29.0 Å². The minimum atomic E-state index is -0.435. The van der Waals surface area contributed by atoms with Crippen LogP contribution in [0.1, 0.15) is 49.1 Å². The zero-order valence-electron chi connectivity index (χ0n) is 14.6. The predicted molar refractivity (Wildman–Crippen MR) is 96.8 cm³/mol. The van der Waals surface area contributed by atoms with Crippen LogP contribution in [0.25, 0.3) is 11.3 Å². The van der Waals surface area contributed by atoms with Crippen LogP contribution in [-0.4, -0.2) is 28.3 Å². The average Bonchev–Trinajstić information content (AvgIpc) is 3.17. The molecule has 2 aromatic rings. The molecular formula is C20H22N2O4. The molecule has 6 heteroatoms. The molecule has 2 fully saturated rings. The lowest BCUT2D eigenvalue weighted by Crippen LogP contribution is -2.49. The first-order valence-electron chi connectivity index (χ1n) is 9.29. The van der Waals surface area contributed by atoms with Gasteiger partial charge in [-0.15, -0.1) is 0 Å². The number of amides is 1. The maximum Gasteiger partial charge on any atom is 0.289 e. The van der Waals surface area contributed by atoms with Gasteiger partial charge in [-0.05, 0) is 43.7 Å². The average molecular weight is 354 g/mol. The molecule has 136 valence electrons. The van der Waals surface area contributed by atoms with Crippen molar-refractivity contribution in [1.29, 1.82) is 0 Å². The summed E-state index contributed by atoms with van der Waals surface area (Å²) in [5.74, 6) is 1.36. The van der Waals surface area contributed by atoms with E-state index < -0.39 is 4.92 Å². The van der Waals surface area contributed by atoms with Crippen molar-refractivity contribution in [3.05, 3.63) is 52.3 Å². The van der Waals surface area contributed by atoms with Gasteiger partial charge in [0.05, 0.1) is 4.92 Å². The second kappa shape index (κ2) is 6.94. The van der Waals surface area contributed by atoms with Gasteiger partial charge in [-0.2, -0.15) is 0 Å². The van der Waals surface area contributed by atoms with Crippen molar-refractivity contribution in [2.45, 2.75) is 44.6 Å². The van der Waals surface area contributed by atoms with Crippen LogP contribution in [-0.2, 0) is 0 Å². The van der Waals surface area contributed by atoms with E-state index in [1.165, 1.54) is 37.8 Å². The molecule has 0 radical (unpaired) electrons. The highest BCUT2D eigenvalue weighted by atomic mass is 16.6. The number of nitro benzene ring substituents is 1. The normalized spacial score (nSPS) is 22.7. The fraction of sp³-hybridized carbons (Fsp3) is 0.450. The van der Waals surface area contributed by atoms with Gasteiger partial charge in [-0.1, -0.05) is 25.0 Å². The van der Waals surface area contributed by atoms with Crippen molar-refractivity contribution < 1.29 is 14.1 Å². The number of nitrogens with zero attached hydrogens (tertiary/aromatic N) is 2. The summed E-state index contributed by atoms with van der Waals surface area (Å²) in [6.07, 6.45) is 7.00. The molecule has 1 aliphatic carbocycles. The number of hydrogen-bond acceptors (Lipinski definition) is 4. The minimum absolute atomic E-state index is 0.00727. The highest BCUT2D eigenvalue weighted by Crippen LogP contribution is 2.36. The van der Waals surface area contributed by atoms with Crippen molar-refractivity contribution in [3.63, 3.8) is 0 Å². The van der Waals surface area contributed by atoms with Crippen molar-refractivity contribution in [2.75, 3.05) is 6.54 Å². The lowest BCUT2D eigenvalue weighted by Gasteiger charge is -2.43. The quantitative estimate of drug-likeness (QED) is 0.594. The van der Waals surface area contributed by atoms with Crippen LogP contribution in [0.5, 0.6) is 0 Å². The number of carbonyl (C=O) groups excluding carboxylic acids is 1. The second-order valence-corrected chi connectivity index (χ2v) is 7.22. The lowest BCUT2D eigenvalue weighted by atomic mass is 9.78. The Labute approximate surface area is 151 Å². The van der Waals surface area contributed by atoms with Crippen LogP contribution in [0.4, 0.5) is 5.69 Å². The van der Waals surface area contributed by atoms with Crippen molar-refractivity contribution in [3.8, 4) is 11.3 Å². The standard InChI is InChI=1S/C20H22N2O4/c23-20(21-12-4-7-14-5-1-2-9-17(14)21)19-11-10-18(26-19)15-6-3-8-16(13-15)22(24)25/h3,6,8,10-11,13-14,17H,1-2,4-5,7,9,12H2/t14-,17-/m0/s1. The highest BCUT2D eigenvalue weighted by molar-refractivity contribution is 5.92. The van der Waals surface area contributed by atoms with Crippen molar-refractivity contribution >= 4 is 11.6 Å². The molecule has 4 rings (SSSR count). The van der Waals surface area contributed by atoms with Crippen LogP contribution in [0.3, 0.4) is 0 Å². The van der Waals surface area contributed by atoms with E-state index in [9.17, 15) is 14.9 Å². The van der Waals surface area contributed by atoms with E-state index >= 15 is 0 Å². The van der Waals surface area contributed by atoms with E-state index in [0.717, 1.165) is 19.4 Å². The maximum absolute atomic E-state index is 13.0. The van der Waals surface area contributed by atoms with Gasteiger partial charge in [-0.3, -0.25) is 14.9 Å². The van der Waals surface area contributed by atoms with Gasteiger partial charge in [0.2, 0.25) is 0 Å². The Morgan fingerprint density at radius 1 is 1.12 bits per heavy atom. The molecule has 1 aromatic heterocycles. The van der Waals surface area contributed by atoms with Crippen LogP contribution in [0.15, 0.2) is 40.8 Å².